The van der Waals surface area contributed by atoms with Gasteiger partial charge in [0, 0.05) is 11.0 Å². The van der Waals surface area contributed by atoms with E-state index in [2.05, 4.69) is 6.07 Å². The zero-order valence-electron chi connectivity index (χ0n) is 16.8. The summed E-state index contributed by atoms with van der Waals surface area (Å²) in [5.41, 5.74) is 4.57. The number of aliphatic hydroxyl groups is 4. The fourth-order valence-corrected chi connectivity index (χ4v) is 4.33. The summed E-state index contributed by atoms with van der Waals surface area (Å²) >= 11 is 0. The van der Waals surface area contributed by atoms with Gasteiger partial charge in [-0.2, -0.15) is 0 Å². The topological polar surface area (TPSA) is 116 Å². The second-order valence-electron chi connectivity index (χ2n) is 8.54. The molecule has 156 valence electrons. The van der Waals surface area contributed by atoms with Crippen molar-refractivity contribution in [3.63, 3.8) is 0 Å². The van der Waals surface area contributed by atoms with Gasteiger partial charge in [-0.1, -0.05) is 19.9 Å². The third-order valence-electron chi connectivity index (χ3n) is 5.97. The van der Waals surface area contributed by atoms with Gasteiger partial charge in [0.25, 0.3) is 0 Å². The third-order valence-corrected chi connectivity index (χ3v) is 5.97. The Labute approximate surface area is 164 Å². The molecule has 1 aromatic carbocycles. The number of ketones is 1. The number of hydrogen-bond acceptors (Lipinski definition) is 7. The monoisotopic (exact) mass is 394 g/mol. The fraction of sp³-hybridized carbons (Fsp3) is 0.667. The highest BCUT2D eigenvalue weighted by molar-refractivity contribution is 6.06. The molecule has 1 heterocycles. The molecule has 0 spiro atoms. The molecule has 1 fully saturated rings. The van der Waals surface area contributed by atoms with Crippen molar-refractivity contribution in [1.82, 2.24) is 0 Å². The number of aryl methyl sites for hydroxylation is 1. The molecule has 0 radical (unpaired) electrons. The Morgan fingerprint density at radius 1 is 1.18 bits per heavy atom. The Bertz CT molecular complexity index is 756. The van der Waals surface area contributed by atoms with E-state index in [0.717, 1.165) is 34.2 Å². The van der Waals surface area contributed by atoms with Crippen molar-refractivity contribution < 1.29 is 34.7 Å². The predicted molar refractivity (Wildman–Crippen MR) is 101 cm³/mol. The Morgan fingerprint density at radius 2 is 1.86 bits per heavy atom. The number of Topliss-reactive ketones (excluding diaryl/α,β-unsaturated/α-hetero) is 1. The minimum atomic E-state index is -1.46. The lowest BCUT2D eigenvalue weighted by atomic mass is 9.88. The molecule has 1 aliphatic heterocycles. The molecular formula is C21H30O7. The van der Waals surface area contributed by atoms with Gasteiger partial charge in [-0.05, 0) is 48.9 Å². The number of fused-ring (bicyclic) bond motifs is 1. The van der Waals surface area contributed by atoms with E-state index in [1.54, 1.807) is 0 Å². The molecule has 0 aromatic heterocycles. The van der Waals surface area contributed by atoms with Gasteiger partial charge in [0.1, 0.15) is 24.4 Å². The molecular weight excluding hydrogens is 364 g/mol. The molecule has 28 heavy (non-hydrogen) atoms. The Kier molecular flexibility index (Phi) is 5.96. The Balaban J connectivity index is 1.71. The van der Waals surface area contributed by atoms with Gasteiger partial charge < -0.3 is 29.9 Å². The van der Waals surface area contributed by atoms with Gasteiger partial charge in [0.2, 0.25) is 0 Å². The molecule has 5 atom stereocenters. The SMILES string of the molecule is Cc1cc2c(c(C)c1CCOC1OC(CO)C(O)C(O)C1O)C(=O)C(C)(C)C2. The largest absolute Gasteiger partial charge is 0.394 e. The van der Waals surface area contributed by atoms with Gasteiger partial charge in [-0.15, -0.1) is 0 Å². The standard InChI is InChI=1S/C21H30O7/c1-10-7-12-8-21(3,4)19(26)15(12)11(2)13(10)5-6-27-20-18(25)17(24)16(23)14(9-22)28-20/h7,14,16-18,20,22-25H,5-6,8-9H2,1-4H3. The second-order valence-corrected chi connectivity index (χ2v) is 8.54. The minimum absolute atomic E-state index is 0.163. The van der Waals surface area contributed by atoms with Gasteiger partial charge in [0.05, 0.1) is 13.2 Å². The average Bonchev–Trinajstić information content (AvgIpc) is 2.86. The summed E-state index contributed by atoms with van der Waals surface area (Å²) in [5, 5.41) is 39.0. The molecule has 5 unspecified atom stereocenters. The summed E-state index contributed by atoms with van der Waals surface area (Å²) in [6.07, 6.45) is -5.17. The van der Waals surface area contributed by atoms with E-state index in [9.17, 15) is 25.2 Å². The van der Waals surface area contributed by atoms with Crippen LogP contribution in [0.15, 0.2) is 6.07 Å². The van der Waals surface area contributed by atoms with Crippen LogP contribution in [0, 0.1) is 19.3 Å². The van der Waals surface area contributed by atoms with E-state index >= 15 is 0 Å². The first-order valence-corrected chi connectivity index (χ1v) is 9.67. The molecule has 0 amide bonds. The number of aliphatic hydroxyl groups excluding tert-OH is 4. The first kappa shape index (κ1) is 21.4. The van der Waals surface area contributed by atoms with E-state index in [1.807, 2.05) is 27.7 Å². The number of rotatable bonds is 5. The number of carbonyl (C=O) groups excluding carboxylic acids is 1. The lowest BCUT2D eigenvalue weighted by molar-refractivity contribution is -0.300. The van der Waals surface area contributed by atoms with Crippen molar-refractivity contribution in [3.05, 3.63) is 33.9 Å². The van der Waals surface area contributed by atoms with Crippen LogP contribution in [-0.4, -0.2) is 70.1 Å². The van der Waals surface area contributed by atoms with Crippen LogP contribution in [0.25, 0.3) is 0 Å². The lowest BCUT2D eigenvalue weighted by Crippen LogP contribution is -2.59. The summed E-state index contributed by atoms with van der Waals surface area (Å²) < 4.78 is 11.0. The van der Waals surface area contributed by atoms with Crippen LogP contribution in [0.4, 0.5) is 0 Å². The van der Waals surface area contributed by atoms with Crippen LogP contribution < -0.4 is 0 Å². The molecule has 7 nitrogen and oxygen atoms in total. The Hall–Kier alpha value is -1.35. The van der Waals surface area contributed by atoms with Crippen molar-refractivity contribution in [3.8, 4) is 0 Å². The number of benzene rings is 1. The van der Waals surface area contributed by atoms with Gasteiger partial charge in [-0.3, -0.25) is 4.79 Å². The van der Waals surface area contributed by atoms with Crippen molar-refractivity contribution in [2.45, 2.75) is 71.2 Å². The fourth-order valence-electron chi connectivity index (χ4n) is 4.33. The first-order chi connectivity index (χ1) is 13.1. The van der Waals surface area contributed by atoms with E-state index < -0.39 is 37.3 Å². The first-order valence-electron chi connectivity index (χ1n) is 9.67. The maximum Gasteiger partial charge on any atom is 0.186 e. The van der Waals surface area contributed by atoms with Crippen molar-refractivity contribution in [1.29, 1.82) is 0 Å². The summed E-state index contributed by atoms with van der Waals surface area (Å²) in [6, 6.07) is 2.07. The summed E-state index contributed by atoms with van der Waals surface area (Å²) in [4.78, 5) is 12.7. The smallest absolute Gasteiger partial charge is 0.186 e. The summed E-state index contributed by atoms with van der Waals surface area (Å²) in [5.74, 6) is 0.163. The van der Waals surface area contributed by atoms with Crippen LogP contribution in [0.1, 0.15) is 46.5 Å². The van der Waals surface area contributed by atoms with Gasteiger partial charge >= 0.3 is 0 Å². The molecule has 1 saturated heterocycles. The summed E-state index contributed by atoms with van der Waals surface area (Å²) in [6.45, 7) is 7.59. The number of hydrogen-bond donors (Lipinski definition) is 4. The highest BCUT2D eigenvalue weighted by Gasteiger charge is 2.44. The summed E-state index contributed by atoms with van der Waals surface area (Å²) in [7, 11) is 0. The zero-order chi connectivity index (χ0) is 20.8. The van der Waals surface area contributed by atoms with E-state index in [4.69, 9.17) is 9.47 Å². The van der Waals surface area contributed by atoms with Gasteiger partial charge in [0.15, 0.2) is 12.1 Å². The van der Waals surface area contributed by atoms with Crippen molar-refractivity contribution >= 4 is 5.78 Å². The van der Waals surface area contributed by atoms with Crippen LogP contribution >= 0.6 is 0 Å². The molecule has 0 saturated carbocycles. The average molecular weight is 394 g/mol. The Morgan fingerprint density at radius 3 is 2.50 bits per heavy atom. The van der Waals surface area contributed by atoms with Crippen LogP contribution in [-0.2, 0) is 22.3 Å². The number of carbonyl (C=O) groups is 1. The highest BCUT2D eigenvalue weighted by atomic mass is 16.7. The van der Waals surface area contributed by atoms with E-state index in [1.165, 1.54) is 0 Å². The number of ether oxygens (including phenoxy) is 2. The quantitative estimate of drug-likeness (QED) is 0.572. The predicted octanol–water partition coefficient (Wildman–Crippen LogP) is 0.427. The molecule has 1 aromatic rings. The molecule has 1 aliphatic carbocycles. The second kappa shape index (κ2) is 7.82. The van der Waals surface area contributed by atoms with Gasteiger partial charge in [-0.25, -0.2) is 0 Å². The normalized spacial score (nSPS) is 31.9. The molecule has 3 rings (SSSR count). The van der Waals surface area contributed by atoms with E-state index in [-0.39, 0.29) is 17.8 Å². The van der Waals surface area contributed by atoms with Crippen LogP contribution in [0.5, 0.6) is 0 Å². The maximum atomic E-state index is 12.7. The minimum Gasteiger partial charge on any atom is -0.394 e. The van der Waals surface area contributed by atoms with Crippen LogP contribution in [0.3, 0.4) is 0 Å². The molecule has 4 N–H and O–H groups in total. The van der Waals surface area contributed by atoms with Crippen molar-refractivity contribution in [2.24, 2.45) is 5.41 Å². The van der Waals surface area contributed by atoms with Crippen molar-refractivity contribution in [2.75, 3.05) is 13.2 Å². The van der Waals surface area contributed by atoms with Crippen LogP contribution in [0.2, 0.25) is 0 Å². The lowest BCUT2D eigenvalue weighted by Gasteiger charge is -2.39. The molecule has 7 heteroatoms. The van der Waals surface area contributed by atoms with E-state index in [0.29, 0.717) is 6.42 Å². The molecule has 0 bridgehead atoms. The third kappa shape index (κ3) is 3.63. The maximum absolute atomic E-state index is 12.7. The highest BCUT2D eigenvalue weighted by Crippen LogP contribution is 2.39. The molecule has 2 aliphatic rings. The zero-order valence-corrected chi connectivity index (χ0v) is 16.8.